The van der Waals surface area contributed by atoms with Gasteiger partial charge in [0.25, 0.3) is 0 Å². The molecule has 0 aromatic carbocycles. The number of hydrogen-bond acceptors (Lipinski definition) is 10. The van der Waals surface area contributed by atoms with Gasteiger partial charge in [0, 0.05) is 49.3 Å². The van der Waals surface area contributed by atoms with Crippen LogP contribution >= 0.6 is 23.4 Å². The molecule has 0 bridgehead atoms. The van der Waals surface area contributed by atoms with Crippen molar-refractivity contribution in [2.75, 3.05) is 43.0 Å². The molecule has 5 N–H and O–H groups in total. The summed E-state index contributed by atoms with van der Waals surface area (Å²) in [6.07, 6.45) is 18.1. The number of nitrogen functional groups attached to an aromatic ring is 1. The highest BCUT2D eigenvalue weighted by molar-refractivity contribution is 7.99. The Morgan fingerprint density at radius 1 is 1.19 bits per heavy atom. The molecule has 11 heteroatoms. The molecule has 222 valence electrons. The van der Waals surface area contributed by atoms with Gasteiger partial charge in [-0.05, 0) is 86.2 Å². The van der Waals surface area contributed by atoms with Crippen molar-refractivity contribution in [3.05, 3.63) is 64.7 Å². The third-order valence-electron chi connectivity index (χ3n) is 7.99. The number of nitrogens with two attached hydrogens (primary N) is 1. The molecule has 9 nitrogen and oxygen atoms in total. The molecule has 3 aromatic heterocycles. The van der Waals surface area contributed by atoms with Gasteiger partial charge in [0.05, 0.1) is 11.2 Å². The topological polar surface area (TPSA) is 126 Å². The van der Waals surface area contributed by atoms with Gasteiger partial charge in [-0.2, -0.15) is 0 Å². The summed E-state index contributed by atoms with van der Waals surface area (Å²) >= 11 is 8.15. The van der Waals surface area contributed by atoms with E-state index in [1.807, 2.05) is 18.3 Å². The van der Waals surface area contributed by atoms with E-state index in [9.17, 15) is 0 Å². The van der Waals surface area contributed by atoms with Gasteiger partial charge in [0.1, 0.15) is 16.7 Å². The van der Waals surface area contributed by atoms with Crippen LogP contribution in [0.3, 0.4) is 0 Å². The number of aliphatic imine (C=N–C) groups is 1. The van der Waals surface area contributed by atoms with E-state index in [-0.39, 0.29) is 0 Å². The summed E-state index contributed by atoms with van der Waals surface area (Å²) in [5.41, 5.74) is 10.4. The summed E-state index contributed by atoms with van der Waals surface area (Å²) in [6, 6.07) is 4.16. The Labute approximate surface area is 257 Å². The van der Waals surface area contributed by atoms with E-state index in [0.29, 0.717) is 45.4 Å². The van der Waals surface area contributed by atoms with Crippen LogP contribution in [0.5, 0.6) is 0 Å². The first-order chi connectivity index (χ1) is 20.4. The van der Waals surface area contributed by atoms with Crippen LogP contribution in [0.15, 0.2) is 57.8 Å². The molecule has 1 fully saturated rings. The fourth-order valence-electron chi connectivity index (χ4n) is 5.67. The second-order valence-electron chi connectivity index (χ2n) is 11.3. The Balaban J connectivity index is 1.14. The summed E-state index contributed by atoms with van der Waals surface area (Å²) in [4.78, 5) is 23.1. The van der Waals surface area contributed by atoms with Crippen LogP contribution in [0, 0.1) is 11.3 Å². The Morgan fingerprint density at radius 3 is 2.86 bits per heavy atom. The van der Waals surface area contributed by atoms with Gasteiger partial charge in [-0.3, -0.25) is 9.98 Å². The minimum absolute atomic E-state index is 0.360. The van der Waals surface area contributed by atoms with E-state index in [4.69, 9.17) is 22.3 Å². The summed E-state index contributed by atoms with van der Waals surface area (Å²) in [6.45, 7) is 5.80. The molecule has 42 heavy (non-hydrogen) atoms. The standard InChI is InChI=1S/C31H40ClN9S/c1-21(5-3-10-34-2)6-4-11-36-26-20-40-30(28(33)41-26)42-25-7-12-37-29(27(25)32)39-19-22-15-23-16-31(8-13-35-14-9-31)17-24(23)38-18-22/h3,5,7,10,12,15,18,20-21,35H,4,6,8-9,11,13-14,16-17,19H2,1-2H3,(H,37,39)(H3,33,36,41)/b5-3-,34-10?. The molecule has 0 saturated carbocycles. The van der Waals surface area contributed by atoms with Crippen LogP contribution in [0.25, 0.3) is 0 Å². The molecule has 2 aliphatic rings. The Hall–Kier alpha value is -3.21. The molecule has 1 aliphatic carbocycles. The number of rotatable bonds is 12. The second-order valence-corrected chi connectivity index (χ2v) is 12.7. The van der Waals surface area contributed by atoms with Gasteiger partial charge in [-0.15, -0.1) is 0 Å². The van der Waals surface area contributed by atoms with Crippen molar-refractivity contribution in [2.45, 2.75) is 61.9 Å². The molecular formula is C31H40ClN9S. The quantitative estimate of drug-likeness (QED) is 0.149. The monoisotopic (exact) mass is 605 g/mol. The Bertz CT molecular complexity index is 1420. The number of aromatic nitrogens is 4. The molecule has 0 amide bonds. The maximum Gasteiger partial charge on any atom is 0.158 e. The number of fused-ring (bicyclic) bond motifs is 1. The SMILES string of the molecule is CN=C/C=C\C(C)CCCNc1cnc(Sc2ccnc(NCc3cnc4c(c3)CC3(CCNCC3)C4)c2Cl)c(N)n1. The first kappa shape index (κ1) is 30.3. The molecule has 0 radical (unpaired) electrons. The van der Waals surface area contributed by atoms with Crippen molar-refractivity contribution in [1.29, 1.82) is 0 Å². The molecule has 5 rings (SSSR count). The van der Waals surface area contributed by atoms with Crippen LogP contribution in [0.1, 0.15) is 49.4 Å². The maximum atomic E-state index is 6.77. The van der Waals surface area contributed by atoms with Crippen LogP contribution < -0.4 is 21.7 Å². The molecule has 1 saturated heterocycles. The third kappa shape index (κ3) is 7.79. The predicted octanol–water partition coefficient (Wildman–Crippen LogP) is 5.82. The van der Waals surface area contributed by atoms with E-state index >= 15 is 0 Å². The van der Waals surface area contributed by atoms with E-state index in [0.717, 1.165) is 55.8 Å². The Morgan fingerprint density at radius 2 is 2.05 bits per heavy atom. The van der Waals surface area contributed by atoms with E-state index in [2.05, 4.69) is 55.0 Å². The first-order valence-electron chi connectivity index (χ1n) is 14.6. The molecule has 1 unspecified atom stereocenters. The average Bonchev–Trinajstić information content (AvgIpc) is 3.33. The smallest absolute Gasteiger partial charge is 0.158 e. The molecule has 3 aromatic rings. The zero-order valence-corrected chi connectivity index (χ0v) is 25.9. The second kappa shape index (κ2) is 14.3. The fourth-order valence-corrected chi connectivity index (χ4v) is 6.74. The van der Waals surface area contributed by atoms with Crippen LogP contribution in [-0.2, 0) is 19.4 Å². The lowest BCUT2D eigenvalue weighted by Crippen LogP contribution is -2.37. The van der Waals surface area contributed by atoms with E-state index in [1.165, 1.54) is 35.9 Å². The van der Waals surface area contributed by atoms with Crippen molar-refractivity contribution in [1.82, 2.24) is 25.3 Å². The summed E-state index contributed by atoms with van der Waals surface area (Å²) in [5.74, 6) is 2.13. The summed E-state index contributed by atoms with van der Waals surface area (Å²) in [5, 5.41) is 11.3. The summed E-state index contributed by atoms with van der Waals surface area (Å²) < 4.78 is 0. The van der Waals surface area contributed by atoms with E-state index < -0.39 is 0 Å². The highest BCUT2D eigenvalue weighted by Gasteiger charge is 2.38. The fraction of sp³-hybridized carbons (Fsp3) is 0.452. The third-order valence-corrected chi connectivity index (χ3v) is 9.55. The molecule has 1 atom stereocenters. The number of pyridine rings is 2. The van der Waals surface area contributed by atoms with Crippen molar-refractivity contribution in [2.24, 2.45) is 16.3 Å². The highest BCUT2D eigenvalue weighted by Crippen LogP contribution is 2.43. The predicted molar refractivity (Wildman–Crippen MR) is 174 cm³/mol. The number of allylic oxidation sites excluding steroid dienone is 2. The number of piperidine rings is 1. The van der Waals surface area contributed by atoms with Crippen LogP contribution in [0.2, 0.25) is 5.02 Å². The largest absolute Gasteiger partial charge is 0.381 e. The lowest BCUT2D eigenvalue weighted by atomic mass is 9.77. The van der Waals surface area contributed by atoms with Gasteiger partial charge in [0.2, 0.25) is 0 Å². The lowest BCUT2D eigenvalue weighted by Gasteiger charge is -2.33. The van der Waals surface area contributed by atoms with Crippen molar-refractivity contribution in [3.63, 3.8) is 0 Å². The minimum Gasteiger partial charge on any atom is -0.381 e. The maximum absolute atomic E-state index is 6.77. The molecule has 1 aliphatic heterocycles. The number of nitrogens with zero attached hydrogens (tertiary/aromatic N) is 5. The molecule has 4 heterocycles. The Kier molecular flexibility index (Phi) is 10.3. The number of anilines is 3. The average molecular weight is 606 g/mol. The van der Waals surface area contributed by atoms with Crippen LogP contribution in [-0.4, -0.2) is 52.8 Å². The first-order valence-corrected chi connectivity index (χ1v) is 15.8. The number of hydrogen-bond donors (Lipinski definition) is 4. The van der Waals surface area contributed by atoms with Gasteiger partial charge in [-0.25, -0.2) is 15.0 Å². The zero-order valence-electron chi connectivity index (χ0n) is 24.4. The van der Waals surface area contributed by atoms with Crippen molar-refractivity contribution in [3.8, 4) is 0 Å². The van der Waals surface area contributed by atoms with Gasteiger partial charge in [0.15, 0.2) is 5.82 Å². The normalized spacial score (nSPS) is 16.7. The molecule has 1 spiro atoms. The van der Waals surface area contributed by atoms with Crippen LogP contribution in [0.4, 0.5) is 17.5 Å². The van der Waals surface area contributed by atoms with Gasteiger partial charge >= 0.3 is 0 Å². The minimum atomic E-state index is 0.360. The van der Waals surface area contributed by atoms with Crippen molar-refractivity contribution >= 4 is 47.0 Å². The van der Waals surface area contributed by atoms with E-state index in [1.54, 1.807) is 25.7 Å². The van der Waals surface area contributed by atoms with Gasteiger partial charge < -0.3 is 21.7 Å². The number of nitrogens with one attached hydrogen (secondary N) is 3. The van der Waals surface area contributed by atoms with Crippen molar-refractivity contribution < 1.29 is 0 Å². The zero-order chi connectivity index (χ0) is 29.4. The number of halogens is 1. The highest BCUT2D eigenvalue weighted by atomic mass is 35.5. The van der Waals surface area contributed by atoms with Gasteiger partial charge in [-0.1, -0.05) is 42.4 Å². The summed E-state index contributed by atoms with van der Waals surface area (Å²) in [7, 11) is 1.77. The lowest BCUT2D eigenvalue weighted by molar-refractivity contribution is 0.215. The molecular weight excluding hydrogens is 566 g/mol.